The Bertz CT molecular complexity index is 1030. The minimum Gasteiger partial charge on any atom is -0.475 e. The highest BCUT2D eigenvalue weighted by Gasteiger charge is 2.38. The van der Waals surface area contributed by atoms with Gasteiger partial charge in [0.05, 0.1) is 16.9 Å². The van der Waals surface area contributed by atoms with E-state index in [4.69, 9.17) is 15.6 Å². The molecule has 0 aliphatic heterocycles. The van der Waals surface area contributed by atoms with Crippen LogP contribution >= 0.6 is 11.3 Å². The number of nitrogens with zero attached hydrogens (tertiary/aromatic N) is 2. The van der Waals surface area contributed by atoms with Crippen LogP contribution in [0.15, 0.2) is 42.0 Å². The van der Waals surface area contributed by atoms with Gasteiger partial charge in [0.2, 0.25) is 0 Å². The molecule has 0 atom stereocenters. The summed E-state index contributed by atoms with van der Waals surface area (Å²) in [6.07, 6.45) is -3.28. The molecule has 0 aliphatic rings. The maximum Gasteiger partial charge on any atom is 0.490 e. The number of hydrogen-bond donors (Lipinski definition) is 3. The minimum absolute atomic E-state index is 0.114. The maximum atomic E-state index is 12.2. The third-order valence-corrected chi connectivity index (χ3v) is 4.99. The Morgan fingerprint density at radius 1 is 1.23 bits per heavy atom. The predicted molar refractivity (Wildman–Crippen MR) is 107 cm³/mol. The van der Waals surface area contributed by atoms with Crippen LogP contribution in [0.3, 0.4) is 0 Å². The van der Waals surface area contributed by atoms with Crippen LogP contribution in [-0.2, 0) is 11.3 Å². The lowest BCUT2D eigenvalue weighted by molar-refractivity contribution is -0.192. The molecule has 11 heteroatoms. The van der Waals surface area contributed by atoms with E-state index in [1.807, 2.05) is 54.1 Å². The van der Waals surface area contributed by atoms with Gasteiger partial charge in [-0.15, -0.1) is 11.3 Å². The fraction of sp³-hybridized carbons (Fsp3) is 0.211. The van der Waals surface area contributed by atoms with Crippen molar-refractivity contribution in [3.63, 3.8) is 0 Å². The SMILES string of the molecule is Cc1ncn(-c2ccc(NC(=O)c3cc(CN)cs3)cc2)c1C.O=C(O)C(F)(F)F. The number of aliphatic carboxylic acids is 1. The molecule has 0 bridgehead atoms. The van der Waals surface area contributed by atoms with Crippen molar-refractivity contribution >= 4 is 28.9 Å². The largest absolute Gasteiger partial charge is 0.490 e. The van der Waals surface area contributed by atoms with E-state index in [-0.39, 0.29) is 5.91 Å². The van der Waals surface area contributed by atoms with Gasteiger partial charge in [0.15, 0.2) is 0 Å². The fourth-order valence-electron chi connectivity index (χ4n) is 2.26. The number of amides is 1. The van der Waals surface area contributed by atoms with Crippen molar-refractivity contribution in [3.05, 3.63) is 63.9 Å². The summed E-state index contributed by atoms with van der Waals surface area (Å²) in [7, 11) is 0. The van der Waals surface area contributed by atoms with E-state index in [2.05, 4.69) is 10.3 Å². The van der Waals surface area contributed by atoms with Crippen LogP contribution in [0, 0.1) is 13.8 Å². The number of aryl methyl sites for hydroxylation is 1. The van der Waals surface area contributed by atoms with Gasteiger partial charge in [-0.2, -0.15) is 13.2 Å². The number of benzene rings is 1. The van der Waals surface area contributed by atoms with Gasteiger partial charge in [-0.1, -0.05) is 0 Å². The standard InChI is InChI=1S/C17H18N4OS.C2HF3O2/c1-11-12(2)21(10-19-11)15-5-3-14(4-6-15)20-17(22)16-7-13(8-18)9-23-16;3-2(4,5)1(6)7/h3-7,9-10H,8,18H2,1-2H3,(H,20,22);(H,6,7). The van der Waals surface area contributed by atoms with Crippen molar-refractivity contribution in [2.24, 2.45) is 5.73 Å². The van der Waals surface area contributed by atoms with E-state index in [0.29, 0.717) is 11.4 Å². The van der Waals surface area contributed by atoms with Crippen LogP contribution in [0.4, 0.5) is 18.9 Å². The third kappa shape index (κ3) is 5.91. The zero-order chi connectivity index (χ0) is 22.5. The van der Waals surface area contributed by atoms with E-state index >= 15 is 0 Å². The van der Waals surface area contributed by atoms with Crippen LogP contribution in [0.1, 0.15) is 26.6 Å². The predicted octanol–water partition coefficient (Wildman–Crippen LogP) is 3.89. The molecule has 3 rings (SSSR count). The first-order valence-electron chi connectivity index (χ1n) is 8.53. The Balaban J connectivity index is 0.000000396. The number of carboxylic acids is 1. The molecule has 0 spiro atoms. The molecule has 1 aromatic carbocycles. The molecule has 160 valence electrons. The molecule has 0 radical (unpaired) electrons. The van der Waals surface area contributed by atoms with Crippen molar-refractivity contribution in [1.82, 2.24) is 9.55 Å². The summed E-state index contributed by atoms with van der Waals surface area (Å²) >= 11 is 1.40. The second-order valence-corrected chi connectivity index (χ2v) is 7.02. The summed E-state index contributed by atoms with van der Waals surface area (Å²) in [6.45, 7) is 4.46. The van der Waals surface area contributed by atoms with Gasteiger partial charge in [0.1, 0.15) is 0 Å². The number of halogens is 3. The Labute approximate surface area is 174 Å². The first kappa shape index (κ1) is 23.1. The number of carboxylic acid groups (broad SMARTS) is 1. The summed E-state index contributed by atoms with van der Waals surface area (Å²) in [5.74, 6) is -2.87. The van der Waals surface area contributed by atoms with Crippen molar-refractivity contribution in [3.8, 4) is 5.69 Å². The zero-order valence-electron chi connectivity index (χ0n) is 16.0. The van der Waals surface area contributed by atoms with E-state index in [1.54, 1.807) is 6.33 Å². The van der Waals surface area contributed by atoms with Gasteiger partial charge < -0.3 is 20.7 Å². The lowest BCUT2D eigenvalue weighted by Crippen LogP contribution is -2.21. The normalized spacial score (nSPS) is 10.9. The first-order chi connectivity index (χ1) is 14.0. The second-order valence-electron chi connectivity index (χ2n) is 6.11. The highest BCUT2D eigenvalue weighted by Crippen LogP contribution is 2.19. The molecule has 1 amide bonds. The lowest BCUT2D eigenvalue weighted by atomic mass is 10.2. The van der Waals surface area contributed by atoms with Gasteiger partial charge in [0.25, 0.3) is 5.91 Å². The maximum absolute atomic E-state index is 12.2. The molecule has 0 saturated heterocycles. The van der Waals surface area contributed by atoms with Crippen molar-refractivity contribution in [2.75, 3.05) is 5.32 Å². The third-order valence-electron chi connectivity index (χ3n) is 4.01. The molecular formula is C19H19F3N4O3S. The number of aromatic nitrogens is 2. The number of hydrogen-bond acceptors (Lipinski definition) is 5. The van der Waals surface area contributed by atoms with Crippen molar-refractivity contribution in [1.29, 1.82) is 0 Å². The number of carbonyl (C=O) groups excluding carboxylic acids is 1. The molecule has 0 unspecified atom stereocenters. The number of anilines is 1. The fourth-order valence-corrected chi connectivity index (χ4v) is 3.08. The Kier molecular flexibility index (Phi) is 7.35. The van der Waals surface area contributed by atoms with Crippen LogP contribution in [0.25, 0.3) is 5.69 Å². The van der Waals surface area contributed by atoms with Gasteiger partial charge in [-0.25, -0.2) is 9.78 Å². The average molecular weight is 440 g/mol. The minimum atomic E-state index is -5.08. The van der Waals surface area contributed by atoms with E-state index in [0.717, 1.165) is 28.3 Å². The second kappa shape index (κ2) is 9.55. The molecule has 3 aromatic rings. The summed E-state index contributed by atoms with van der Waals surface area (Å²) in [6, 6.07) is 9.53. The molecular weight excluding hydrogens is 421 g/mol. The number of rotatable bonds is 4. The zero-order valence-corrected chi connectivity index (χ0v) is 16.8. The van der Waals surface area contributed by atoms with E-state index in [1.165, 1.54) is 11.3 Å². The highest BCUT2D eigenvalue weighted by molar-refractivity contribution is 7.12. The molecule has 7 nitrogen and oxygen atoms in total. The lowest BCUT2D eigenvalue weighted by Gasteiger charge is -2.08. The molecule has 2 heterocycles. The number of thiophene rings is 1. The average Bonchev–Trinajstić information content (AvgIpc) is 3.30. The number of nitrogens with two attached hydrogens (primary N) is 1. The van der Waals surface area contributed by atoms with Gasteiger partial charge in [-0.05, 0) is 55.1 Å². The number of carbonyl (C=O) groups is 2. The number of nitrogens with one attached hydrogen (secondary N) is 1. The number of alkyl halides is 3. The first-order valence-corrected chi connectivity index (χ1v) is 9.40. The van der Waals surface area contributed by atoms with Gasteiger partial charge >= 0.3 is 12.1 Å². The van der Waals surface area contributed by atoms with Crippen LogP contribution in [-0.4, -0.2) is 32.7 Å². The topological polar surface area (TPSA) is 110 Å². The van der Waals surface area contributed by atoms with Crippen LogP contribution in [0.5, 0.6) is 0 Å². The summed E-state index contributed by atoms with van der Waals surface area (Å²) in [4.78, 5) is 26.1. The Hall–Kier alpha value is -3.18. The molecule has 0 saturated carbocycles. The van der Waals surface area contributed by atoms with Crippen LogP contribution in [0.2, 0.25) is 0 Å². The Morgan fingerprint density at radius 2 is 1.83 bits per heavy atom. The summed E-state index contributed by atoms with van der Waals surface area (Å²) in [5.41, 5.74) is 10.4. The van der Waals surface area contributed by atoms with E-state index in [9.17, 15) is 18.0 Å². The molecule has 30 heavy (non-hydrogen) atoms. The van der Waals surface area contributed by atoms with Crippen LogP contribution < -0.4 is 11.1 Å². The highest BCUT2D eigenvalue weighted by atomic mass is 32.1. The molecule has 2 aromatic heterocycles. The summed E-state index contributed by atoms with van der Waals surface area (Å²) < 4.78 is 33.8. The number of imidazole rings is 1. The molecule has 4 N–H and O–H groups in total. The quantitative estimate of drug-likeness (QED) is 0.570. The van der Waals surface area contributed by atoms with Gasteiger partial charge in [0, 0.05) is 23.6 Å². The molecule has 0 fully saturated rings. The van der Waals surface area contributed by atoms with Gasteiger partial charge in [-0.3, -0.25) is 4.79 Å². The Morgan fingerprint density at radius 3 is 2.27 bits per heavy atom. The summed E-state index contributed by atoms with van der Waals surface area (Å²) in [5, 5.41) is 11.9. The smallest absolute Gasteiger partial charge is 0.475 e. The molecule has 0 aliphatic carbocycles. The monoisotopic (exact) mass is 440 g/mol. The van der Waals surface area contributed by atoms with Crippen molar-refractivity contribution < 1.29 is 27.9 Å². The van der Waals surface area contributed by atoms with E-state index < -0.39 is 12.1 Å². The van der Waals surface area contributed by atoms with Crippen molar-refractivity contribution in [2.45, 2.75) is 26.6 Å².